The van der Waals surface area contributed by atoms with Crippen LogP contribution in [0.4, 0.5) is 18.9 Å². The maximum absolute atomic E-state index is 14.7. The number of rotatable bonds is 6. The van der Waals surface area contributed by atoms with Crippen LogP contribution in [-0.4, -0.2) is 36.7 Å². The number of hydrogen-bond acceptors (Lipinski definition) is 6. The Bertz CT molecular complexity index is 1420. The predicted molar refractivity (Wildman–Crippen MR) is 131 cm³/mol. The minimum Gasteiger partial charge on any atom is -0.370 e. The number of anilines is 1. The molecule has 0 aliphatic carbocycles. The van der Waals surface area contributed by atoms with Crippen molar-refractivity contribution in [2.45, 2.75) is 50.2 Å². The Morgan fingerprint density at radius 1 is 1.08 bits per heavy atom. The van der Waals surface area contributed by atoms with Gasteiger partial charge < -0.3 is 10.1 Å². The van der Waals surface area contributed by atoms with Crippen LogP contribution in [0.2, 0.25) is 0 Å². The Morgan fingerprint density at radius 3 is 2.43 bits per heavy atom. The van der Waals surface area contributed by atoms with Crippen LogP contribution in [0.5, 0.6) is 0 Å². The maximum atomic E-state index is 14.7. The van der Waals surface area contributed by atoms with Gasteiger partial charge in [-0.3, -0.25) is 9.78 Å². The highest BCUT2D eigenvalue weighted by Gasteiger charge is 2.28. The summed E-state index contributed by atoms with van der Waals surface area (Å²) < 4.78 is 73.6. The van der Waals surface area contributed by atoms with Gasteiger partial charge in [0, 0.05) is 18.0 Å². The summed E-state index contributed by atoms with van der Waals surface area (Å²) in [5.41, 5.74) is -0.836. The third kappa shape index (κ3) is 5.83. The van der Waals surface area contributed by atoms with Gasteiger partial charge in [-0.25, -0.2) is 26.6 Å². The highest BCUT2D eigenvalue weighted by molar-refractivity contribution is 7.90. The Balaban J connectivity index is 1.64. The smallest absolute Gasteiger partial charge is 0.274 e. The van der Waals surface area contributed by atoms with Crippen molar-refractivity contribution >= 4 is 21.4 Å². The van der Waals surface area contributed by atoms with E-state index >= 15 is 0 Å². The molecule has 1 fully saturated rings. The van der Waals surface area contributed by atoms with E-state index in [1.54, 1.807) is 12.3 Å². The van der Waals surface area contributed by atoms with Gasteiger partial charge in [0.2, 0.25) is 0 Å². The second kappa shape index (κ2) is 10.6. The monoisotopic (exact) mass is 533 g/mol. The first-order valence-electron chi connectivity index (χ1n) is 11.7. The first-order valence-corrected chi connectivity index (χ1v) is 13.6. The lowest BCUT2D eigenvalue weighted by molar-refractivity contribution is -0.0723. The van der Waals surface area contributed by atoms with Gasteiger partial charge in [0.15, 0.2) is 9.84 Å². The van der Waals surface area contributed by atoms with Crippen molar-refractivity contribution in [3.63, 3.8) is 0 Å². The number of nitrogens with one attached hydrogen (secondary N) is 1. The quantitative estimate of drug-likeness (QED) is 0.451. The van der Waals surface area contributed by atoms with Gasteiger partial charge in [-0.05, 0) is 55.5 Å². The average Bonchev–Trinajstić information content (AvgIpc) is 2.84. The molecule has 7 nitrogen and oxygen atoms in total. The summed E-state index contributed by atoms with van der Waals surface area (Å²) in [7, 11) is -3.91. The van der Waals surface area contributed by atoms with Crippen molar-refractivity contribution in [3.8, 4) is 11.3 Å². The van der Waals surface area contributed by atoms with E-state index in [-0.39, 0.29) is 17.9 Å². The summed E-state index contributed by atoms with van der Waals surface area (Å²) >= 11 is 0. The lowest BCUT2D eigenvalue weighted by atomic mass is 9.93. The lowest BCUT2D eigenvalue weighted by Gasteiger charge is -2.33. The van der Waals surface area contributed by atoms with Gasteiger partial charge in [0.05, 0.1) is 34.6 Å². The van der Waals surface area contributed by atoms with Crippen LogP contribution in [0.3, 0.4) is 0 Å². The van der Waals surface area contributed by atoms with Gasteiger partial charge in [-0.2, -0.15) is 0 Å². The number of hydrogen-bond donors (Lipinski definition) is 1. The summed E-state index contributed by atoms with van der Waals surface area (Å²) in [5, 5.41) is 2.69. The minimum atomic E-state index is -3.91. The van der Waals surface area contributed by atoms with E-state index in [0.29, 0.717) is 23.7 Å². The van der Waals surface area contributed by atoms with E-state index in [1.807, 2.05) is 0 Å². The molecule has 37 heavy (non-hydrogen) atoms. The number of aromatic nitrogens is 2. The van der Waals surface area contributed by atoms with Crippen molar-refractivity contribution in [1.82, 2.24) is 9.97 Å². The molecule has 0 unspecified atom stereocenters. The number of carbonyl (C=O) groups excluding carboxylic acids is 1. The molecule has 0 saturated carbocycles. The van der Waals surface area contributed by atoms with Gasteiger partial charge in [0.1, 0.15) is 28.8 Å². The molecule has 0 bridgehead atoms. The number of carbonyl (C=O) groups is 1. The Morgan fingerprint density at radius 2 is 1.78 bits per heavy atom. The van der Waals surface area contributed by atoms with Crippen LogP contribution >= 0.6 is 0 Å². The molecule has 11 heteroatoms. The summed E-state index contributed by atoms with van der Waals surface area (Å²) in [5.74, 6) is -4.16. The first kappa shape index (κ1) is 26.7. The fourth-order valence-electron chi connectivity index (χ4n) is 4.28. The number of amides is 1. The lowest BCUT2D eigenvalue weighted by Crippen LogP contribution is -2.27. The molecule has 196 valence electrons. The molecule has 1 N–H and O–H groups in total. The second-order valence-electron chi connectivity index (χ2n) is 9.32. The zero-order valence-corrected chi connectivity index (χ0v) is 21.3. The van der Waals surface area contributed by atoms with E-state index in [4.69, 9.17) is 4.74 Å². The van der Waals surface area contributed by atoms with Gasteiger partial charge in [-0.15, -0.1) is 0 Å². The van der Waals surface area contributed by atoms with Crippen molar-refractivity contribution in [2.75, 3.05) is 11.6 Å². The van der Waals surface area contributed by atoms with E-state index < -0.39 is 49.3 Å². The molecule has 2 atom stereocenters. The molecular weight excluding hydrogens is 507 g/mol. The van der Waals surface area contributed by atoms with E-state index in [1.165, 1.54) is 6.20 Å². The van der Waals surface area contributed by atoms with Gasteiger partial charge in [-0.1, -0.05) is 13.8 Å². The SMILES string of the molecule is CC(C)[C@@H]1CCC[C@H](c2ccncc2NC(=O)c2ccc(F)c(-c3c(F)cc(S(C)(=O)=O)cc3F)n2)O1. The van der Waals surface area contributed by atoms with Crippen LogP contribution in [0.15, 0.2) is 47.6 Å². The van der Waals surface area contributed by atoms with Crippen molar-refractivity contribution in [1.29, 1.82) is 0 Å². The number of nitrogens with zero attached hydrogens (tertiary/aromatic N) is 2. The number of pyridine rings is 2. The summed E-state index contributed by atoms with van der Waals surface area (Å²) in [6.07, 6.45) is 6.33. The third-order valence-electron chi connectivity index (χ3n) is 6.25. The zero-order valence-electron chi connectivity index (χ0n) is 20.5. The van der Waals surface area contributed by atoms with Gasteiger partial charge >= 0.3 is 0 Å². The highest BCUT2D eigenvalue weighted by Crippen LogP contribution is 2.37. The Labute approximate surface area is 213 Å². The number of benzene rings is 1. The van der Waals surface area contributed by atoms with E-state index in [9.17, 15) is 26.4 Å². The van der Waals surface area contributed by atoms with Gasteiger partial charge in [0.25, 0.3) is 5.91 Å². The molecule has 0 radical (unpaired) electrons. The molecule has 1 aliphatic rings. The topological polar surface area (TPSA) is 98.2 Å². The fourth-order valence-corrected chi connectivity index (χ4v) is 4.92. The van der Waals surface area contributed by atoms with Crippen LogP contribution in [0, 0.1) is 23.4 Å². The molecule has 2 aromatic heterocycles. The summed E-state index contributed by atoms with van der Waals surface area (Å²) in [6, 6.07) is 4.86. The number of sulfone groups is 1. The molecular formula is C26H26F3N3O4S. The molecule has 3 heterocycles. The van der Waals surface area contributed by atoms with E-state index in [2.05, 4.69) is 29.1 Å². The van der Waals surface area contributed by atoms with Crippen LogP contribution < -0.4 is 5.32 Å². The molecule has 4 rings (SSSR count). The van der Waals surface area contributed by atoms with Crippen molar-refractivity contribution in [3.05, 3.63) is 71.4 Å². The largest absolute Gasteiger partial charge is 0.370 e. The van der Waals surface area contributed by atoms with Crippen LogP contribution in [0.1, 0.15) is 55.3 Å². The Hall–Kier alpha value is -3.31. The Kier molecular flexibility index (Phi) is 7.65. The number of halogens is 3. The highest BCUT2D eigenvalue weighted by atomic mass is 32.2. The zero-order chi connectivity index (χ0) is 26.9. The van der Waals surface area contributed by atoms with E-state index in [0.717, 1.165) is 43.2 Å². The predicted octanol–water partition coefficient (Wildman–Crippen LogP) is 5.48. The van der Waals surface area contributed by atoms with Crippen molar-refractivity contribution < 1.29 is 31.1 Å². The van der Waals surface area contributed by atoms with Crippen LogP contribution in [0.25, 0.3) is 11.3 Å². The number of ether oxygens (including phenoxy) is 1. The van der Waals surface area contributed by atoms with Crippen molar-refractivity contribution in [2.24, 2.45) is 5.92 Å². The molecule has 0 spiro atoms. The second-order valence-corrected chi connectivity index (χ2v) is 11.3. The maximum Gasteiger partial charge on any atom is 0.274 e. The first-order chi connectivity index (χ1) is 17.5. The third-order valence-corrected chi connectivity index (χ3v) is 7.34. The molecule has 1 saturated heterocycles. The fraction of sp³-hybridized carbons (Fsp3) is 0.346. The standard InChI is InChI=1S/C26H26F3N3O4S/c1-14(2)22-5-4-6-23(36-22)16-9-10-30-13-21(16)32-26(33)20-8-7-17(27)25(31-20)24-18(28)11-15(12-19(24)29)37(3,34)35/h7-14,22-23H,4-6H2,1-3H3,(H,32,33)/t22-,23+/m0/s1. The molecule has 1 amide bonds. The van der Waals surface area contributed by atoms with Crippen LogP contribution in [-0.2, 0) is 14.6 Å². The molecule has 3 aromatic rings. The summed E-state index contributed by atoms with van der Waals surface area (Å²) in [6.45, 7) is 4.17. The molecule has 1 aromatic carbocycles. The normalized spacial score (nSPS) is 18.1. The average molecular weight is 534 g/mol. The summed E-state index contributed by atoms with van der Waals surface area (Å²) in [4.78, 5) is 20.4. The minimum absolute atomic E-state index is 0.0793. The molecule has 1 aliphatic heterocycles.